The fourth-order valence-electron chi connectivity index (χ4n) is 2.14. The quantitative estimate of drug-likeness (QED) is 0.593. The van der Waals surface area contributed by atoms with Crippen LogP contribution in [0.4, 0.5) is 0 Å². The van der Waals surface area contributed by atoms with Gasteiger partial charge in [-0.15, -0.1) is 0 Å². The summed E-state index contributed by atoms with van der Waals surface area (Å²) < 4.78 is 0.946. The third kappa shape index (κ3) is 4.08. The zero-order chi connectivity index (χ0) is 16.3. The minimum atomic E-state index is -0.149. The highest BCUT2D eigenvalue weighted by atomic mass is 79.9. The molecule has 2 aromatic carbocycles. The Kier molecular flexibility index (Phi) is 4.87. The smallest absolute Gasteiger partial charge is 0.185 e. The molecule has 0 aliphatic rings. The first-order chi connectivity index (χ1) is 10.3. The molecule has 0 heterocycles. The van der Waals surface area contributed by atoms with Crippen molar-refractivity contribution in [1.29, 1.82) is 0 Å². The van der Waals surface area contributed by atoms with E-state index in [2.05, 4.69) is 15.9 Å². The Hall–Kier alpha value is -1.87. The van der Waals surface area contributed by atoms with Gasteiger partial charge in [0.15, 0.2) is 5.78 Å². The SMILES string of the molecule is CC(C)(C)c1cc(C=CC(=O)c2ccc(Br)cc2)ccc1O. The van der Waals surface area contributed by atoms with Gasteiger partial charge in [0.2, 0.25) is 0 Å². The highest BCUT2D eigenvalue weighted by Crippen LogP contribution is 2.31. The number of carbonyl (C=O) groups excluding carboxylic acids is 1. The molecule has 2 aromatic rings. The predicted octanol–water partition coefficient (Wildman–Crippen LogP) is 5.35. The van der Waals surface area contributed by atoms with Gasteiger partial charge in [-0.25, -0.2) is 0 Å². The monoisotopic (exact) mass is 358 g/mol. The van der Waals surface area contributed by atoms with E-state index in [1.54, 1.807) is 36.4 Å². The molecular formula is C19H19BrO2. The fourth-order valence-corrected chi connectivity index (χ4v) is 2.40. The average molecular weight is 359 g/mol. The van der Waals surface area contributed by atoms with Crippen LogP contribution >= 0.6 is 15.9 Å². The number of aromatic hydroxyl groups is 1. The first-order valence-electron chi connectivity index (χ1n) is 7.09. The lowest BCUT2D eigenvalue weighted by Gasteiger charge is -2.20. The van der Waals surface area contributed by atoms with Crippen LogP contribution in [-0.2, 0) is 5.41 Å². The standard InChI is InChI=1S/C19H19BrO2/c1-19(2,3)16-12-13(5-11-18(16)22)4-10-17(21)14-6-8-15(20)9-7-14/h4-12,22H,1-3H3. The zero-order valence-electron chi connectivity index (χ0n) is 12.9. The summed E-state index contributed by atoms with van der Waals surface area (Å²) in [6, 6.07) is 12.7. The van der Waals surface area contributed by atoms with Gasteiger partial charge in [-0.3, -0.25) is 4.79 Å². The summed E-state index contributed by atoms with van der Waals surface area (Å²) in [6.45, 7) is 6.13. The van der Waals surface area contributed by atoms with Gasteiger partial charge in [0.1, 0.15) is 5.75 Å². The lowest BCUT2D eigenvalue weighted by Crippen LogP contribution is -2.11. The molecule has 0 aliphatic heterocycles. The van der Waals surface area contributed by atoms with E-state index in [-0.39, 0.29) is 16.9 Å². The van der Waals surface area contributed by atoms with E-state index >= 15 is 0 Å². The second kappa shape index (κ2) is 6.49. The van der Waals surface area contributed by atoms with Crippen molar-refractivity contribution in [2.24, 2.45) is 0 Å². The summed E-state index contributed by atoms with van der Waals surface area (Å²) in [5.74, 6) is 0.238. The van der Waals surface area contributed by atoms with Crippen molar-refractivity contribution in [3.63, 3.8) is 0 Å². The van der Waals surface area contributed by atoms with E-state index in [0.717, 1.165) is 15.6 Å². The summed E-state index contributed by atoms with van der Waals surface area (Å²) in [4.78, 5) is 12.1. The van der Waals surface area contributed by atoms with Crippen molar-refractivity contribution >= 4 is 27.8 Å². The number of phenolic OH excluding ortho intramolecular Hbond substituents is 1. The Labute approximate surface area is 139 Å². The number of hydrogen-bond donors (Lipinski definition) is 1. The maximum absolute atomic E-state index is 12.1. The maximum atomic E-state index is 12.1. The van der Waals surface area contributed by atoms with Crippen molar-refractivity contribution in [2.45, 2.75) is 26.2 Å². The summed E-state index contributed by atoms with van der Waals surface area (Å²) in [6.07, 6.45) is 3.33. The molecule has 0 bridgehead atoms. The number of allylic oxidation sites excluding steroid dienone is 1. The topological polar surface area (TPSA) is 37.3 Å². The number of phenols is 1. The molecule has 0 atom stereocenters. The molecule has 0 saturated heterocycles. The van der Waals surface area contributed by atoms with Gasteiger partial charge in [-0.1, -0.05) is 48.8 Å². The lowest BCUT2D eigenvalue weighted by atomic mass is 9.85. The minimum Gasteiger partial charge on any atom is -0.508 e. The lowest BCUT2D eigenvalue weighted by molar-refractivity contribution is 0.104. The predicted molar refractivity (Wildman–Crippen MR) is 94.3 cm³/mol. The number of hydrogen-bond acceptors (Lipinski definition) is 2. The second-order valence-corrected chi connectivity index (χ2v) is 7.15. The molecule has 22 heavy (non-hydrogen) atoms. The first-order valence-corrected chi connectivity index (χ1v) is 7.88. The molecule has 0 radical (unpaired) electrons. The maximum Gasteiger partial charge on any atom is 0.185 e. The summed E-state index contributed by atoms with van der Waals surface area (Å²) in [5.41, 5.74) is 2.26. The van der Waals surface area contributed by atoms with E-state index in [1.807, 2.05) is 39.0 Å². The summed E-state index contributed by atoms with van der Waals surface area (Å²) in [5, 5.41) is 9.96. The normalized spacial score (nSPS) is 11.8. The second-order valence-electron chi connectivity index (χ2n) is 6.23. The van der Waals surface area contributed by atoms with Crippen LogP contribution in [0, 0.1) is 0 Å². The van der Waals surface area contributed by atoms with Crippen molar-refractivity contribution in [3.05, 3.63) is 69.7 Å². The van der Waals surface area contributed by atoms with E-state index in [4.69, 9.17) is 0 Å². The number of benzene rings is 2. The van der Waals surface area contributed by atoms with Crippen LogP contribution in [0.2, 0.25) is 0 Å². The average Bonchev–Trinajstić information content (AvgIpc) is 2.45. The number of ketones is 1. The van der Waals surface area contributed by atoms with Crippen LogP contribution < -0.4 is 0 Å². The minimum absolute atomic E-state index is 0.0436. The fraction of sp³-hybridized carbons (Fsp3) is 0.211. The molecule has 3 heteroatoms. The van der Waals surface area contributed by atoms with Gasteiger partial charge in [0, 0.05) is 10.0 Å². The number of halogens is 1. The molecule has 0 fully saturated rings. The summed E-state index contributed by atoms with van der Waals surface area (Å²) >= 11 is 3.35. The molecule has 0 spiro atoms. The Morgan fingerprint density at radius 2 is 1.73 bits per heavy atom. The number of rotatable bonds is 3. The highest BCUT2D eigenvalue weighted by Gasteiger charge is 2.17. The van der Waals surface area contributed by atoms with Crippen LogP contribution in [0.1, 0.15) is 42.3 Å². The Balaban J connectivity index is 2.23. The van der Waals surface area contributed by atoms with Crippen molar-refractivity contribution in [3.8, 4) is 5.75 Å². The van der Waals surface area contributed by atoms with Crippen LogP contribution in [0.5, 0.6) is 5.75 Å². The van der Waals surface area contributed by atoms with Crippen LogP contribution in [-0.4, -0.2) is 10.9 Å². The molecule has 114 valence electrons. The Morgan fingerprint density at radius 3 is 2.32 bits per heavy atom. The largest absolute Gasteiger partial charge is 0.508 e. The third-order valence-electron chi connectivity index (χ3n) is 3.38. The van der Waals surface area contributed by atoms with Gasteiger partial charge < -0.3 is 5.11 Å². The van der Waals surface area contributed by atoms with Crippen LogP contribution in [0.15, 0.2) is 53.0 Å². The Bertz CT molecular complexity index is 707. The number of carbonyl (C=O) groups is 1. The van der Waals surface area contributed by atoms with E-state index in [0.29, 0.717) is 5.56 Å². The molecule has 2 rings (SSSR count). The first kappa shape index (κ1) is 16.5. The molecule has 0 saturated carbocycles. The van der Waals surface area contributed by atoms with Gasteiger partial charge in [-0.05, 0) is 59.0 Å². The highest BCUT2D eigenvalue weighted by molar-refractivity contribution is 9.10. The van der Waals surface area contributed by atoms with E-state index < -0.39 is 0 Å². The third-order valence-corrected chi connectivity index (χ3v) is 3.91. The van der Waals surface area contributed by atoms with Gasteiger partial charge in [-0.2, -0.15) is 0 Å². The van der Waals surface area contributed by atoms with Crippen LogP contribution in [0.3, 0.4) is 0 Å². The summed E-state index contributed by atoms with van der Waals surface area (Å²) in [7, 11) is 0. The van der Waals surface area contributed by atoms with E-state index in [9.17, 15) is 9.90 Å². The van der Waals surface area contributed by atoms with Gasteiger partial charge in [0.25, 0.3) is 0 Å². The Morgan fingerprint density at radius 1 is 1.09 bits per heavy atom. The van der Waals surface area contributed by atoms with Crippen LogP contribution in [0.25, 0.3) is 6.08 Å². The zero-order valence-corrected chi connectivity index (χ0v) is 14.5. The molecule has 2 nitrogen and oxygen atoms in total. The molecular weight excluding hydrogens is 340 g/mol. The molecule has 1 N–H and O–H groups in total. The van der Waals surface area contributed by atoms with Gasteiger partial charge >= 0.3 is 0 Å². The van der Waals surface area contributed by atoms with Crippen molar-refractivity contribution in [1.82, 2.24) is 0 Å². The molecule has 0 aliphatic carbocycles. The van der Waals surface area contributed by atoms with Crippen molar-refractivity contribution < 1.29 is 9.90 Å². The van der Waals surface area contributed by atoms with Crippen molar-refractivity contribution in [2.75, 3.05) is 0 Å². The van der Waals surface area contributed by atoms with Gasteiger partial charge in [0.05, 0.1) is 0 Å². The molecule has 0 amide bonds. The van der Waals surface area contributed by atoms with E-state index in [1.165, 1.54) is 0 Å². The molecule has 0 unspecified atom stereocenters. The molecule has 0 aromatic heterocycles.